The van der Waals surface area contributed by atoms with Crippen molar-refractivity contribution < 1.29 is 9.84 Å². The number of nitrogens with zero attached hydrogens (tertiary/aromatic N) is 4. The summed E-state index contributed by atoms with van der Waals surface area (Å²) in [5, 5.41) is 21.1. The lowest BCUT2D eigenvalue weighted by Crippen LogP contribution is -1.95. The summed E-state index contributed by atoms with van der Waals surface area (Å²) in [6.45, 7) is 0. The fraction of sp³-hybridized carbons (Fsp3) is 0.222. The molecule has 0 fully saturated rings. The van der Waals surface area contributed by atoms with E-state index in [1.807, 2.05) is 0 Å². The summed E-state index contributed by atoms with van der Waals surface area (Å²) in [6.07, 6.45) is 0. The molecule has 0 aliphatic carbocycles. The third-order valence-electron chi connectivity index (χ3n) is 2.10. The molecule has 7 nitrogen and oxygen atoms in total. The number of aromatic nitrogens is 4. The van der Waals surface area contributed by atoms with E-state index in [0.29, 0.717) is 22.8 Å². The van der Waals surface area contributed by atoms with Crippen molar-refractivity contribution in [2.45, 2.75) is 0 Å². The number of rotatable bonds is 2. The number of phenols is 1. The first-order valence-corrected chi connectivity index (χ1v) is 4.52. The topological polar surface area (TPSA) is 99.1 Å². The maximum absolute atomic E-state index is 9.50. The highest BCUT2D eigenvalue weighted by Crippen LogP contribution is 2.34. The molecule has 7 heteroatoms. The molecule has 2 aromatic rings. The van der Waals surface area contributed by atoms with E-state index in [1.165, 1.54) is 18.0 Å². The molecule has 0 bridgehead atoms. The number of ether oxygens (including phenoxy) is 1. The molecule has 3 N–H and O–H groups in total. The number of aromatic hydroxyl groups is 1. The van der Waals surface area contributed by atoms with Gasteiger partial charge in [-0.1, -0.05) is 0 Å². The van der Waals surface area contributed by atoms with Gasteiger partial charge in [0.1, 0.15) is 0 Å². The third-order valence-corrected chi connectivity index (χ3v) is 2.10. The molecule has 1 heterocycles. The Bertz CT molecular complexity index is 523. The highest BCUT2D eigenvalue weighted by molar-refractivity contribution is 5.75. The summed E-state index contributed by atoms with van der Waals surface area (Å²) in [5.74, 6) is 0.683. The number of hydrogen-bond donors (Lipinski definition) is 2. The number of anilines is 1. The van der Waals surface area contributed by atoms with E-state index in [-0.39, 0.29) is 5.75 Å². The smallest absolute Gasteiger partial charge is 0.207 e. The van der Waals surface area contributed by atoms with Crippen molar-refractivity contribution in [3.8, 4) is 22.9 Å². The quantitative estimate of drug-likeness (QED) is 0.701. The second kappa shape index (κ2) is 3.69. The number of tetrazole rings is 1. The molecule has 16 heavy (non-hydrogen) atoms. The predicted molar refractivity (Wildman–Crippen MR) is 56.9 cm³/mol. The monoisotopic (exact) mass is 221 g/mol. The van der Waals surface area contributed by atoms with E-state index in [9.17, 15) is 5.11 Å². The van der Waals surface area contributed by atoms with Crippen molar-refractivity contribution in [2.24, 2.45) is 7.05 Å². The van der Waals surface area contributed by atoms with E-state index in [0.717, 1.165) is 0 Å². The molecule has 1 aromatic heterocycles. The molecule has 84 valence electrons. The summed E-state index contributed by atoms with van der Waals surface area (Å²) < 4.78 is 4.98. The van der Waals surface area contributed by atoms with Crippen LogP contribution < -0.4 is 10.5 Å². The lowest BCUT2D eigenvalue weighted by atomic mass is 10.1. The SMILES string of the molecule is COc1cc(-c2nnn(C)n2)c(N)cc1O. The lowest BCUT2D eigenvalue weighted by molar-refractivity contribution is 0.374. The highest BCUT2D eigenvalue weighted by Gasteiger charge is 2.13. The van der Waals surface area contributed by atoms with Gasteiger partial charge >= 0.3 is 0 Å². The molecule has 0 aliphatic rings. The highest BCUT2D eigenvalue weighted by atomic mass is 16.5. The first kappa shape index (κ1) is 10.2. The molecule has 0 amide bonds. The zero-order chi connectivity index (χ0) is 11.7. The van der Waals surface area contributed by atoms with Gasteiger partial charge in [-0.25, -0.2) is 0 Å². The molecule has 1 aromatic carbocycles. The van der Waals surface area contributed by atoms with Crippen molar-refractivity contribution in [1.82, 2.24) is 20.2 Å². The Morgan fingerprint density at radius 3 is 2.75 bits per heavy atom. The number of methoxy groups -OCH3 is 1. The molecule has 0 saturated carbocycles. The van der Waals surface area contributed by atoms with Gasteiger partial charge in [-0.2, -0.15) is 4.80 Å². The Kier molecular flexibility index (Phi) is 2.35. The molecule has 0 spiro atoms. The largest absolute Gasteiger partial charge is 0.504 e. The van der Waals surface area contributed by atoms with Gasteiger partial charge in [-0.3, -0.25) is 0 Å². The van der Waals surface area contributed by atoms with Crippen molar-refractivity contribution in [2.75, 3.05) is 12.8 Å². The Morgan fingerprint density at radius 2 is 2.19 bits per heavy atom. The van der Waals surface area contributed by atoms with Crippen LogP contribution in [0.5, 0.6) is 11.5 Å². The van der Waals surface area contributed by atoms with Crippen LogP contribution in [0.15, 0.2) is 12.1 Å². The van der Waals surface area contributed by atoms with Crippen LogP contribution in [0.4, 0.5) is 5.69 Å². The zero-order valence-corrected chi connectivity index (χ0v) is 8.88. The van der Waals surface area contributed by atoms with Crippen molar-refractivity contribution in [3.05, 3.63) is 12.1 Å². The second-order valence-electron chi connectivity index (χ2n) is 3.21. The van der Waals surface area contributed by atoms with Crippen LogP contribution in [0.1, 0.15) is 0 Å². The number of benzene rings is 1. The lowest BCUT2D eigenvalue weighted by Gasteiger charge is -2.07. The van der Waals surface area contributed by atoms with Gasteiger partial charge in [0.05, 0.1) is 14.2 Å². The van der Waals surface area contributed by atoms with Crippen molar-refractivity contribution in [3.63, 3.8) is 0 Å². The van der Waals surface area contributed by atoms with Crippen molar-refractivity contribution in [1.29, 1.82) is 0 Å². The van der Waals surface area contributed by atoms with Gasteiger partial charge in [-0.05, 0) is 11.3 Å². The van der Waals surface area contributed by atoms with E-state index < -0.39 is 0 Å². The van der Waals surface area contributed by atoms with Gasteiger partial charge < -0.3 is 15.6 Å². The maximum atomic E-state index is 9.50. The predicted octanol–water partition coefficient (Wildman–Crippen LogP) is 0.173. The fourth-order valence-corrected chi connectivity index (χ4v) is 1.33. The Balaban J connectivity index is 2.56. The first-order valence-electron chi connectivity index (χ1n) is 4.52. The fourth-order valence-electron chi connectivity index (χ4n) is 1.33. The summed E-state index contributed by atoms with van der Waals surface area (Å²) in [5.41, 5.74) is 6.69. The molecular formula is C9H11N5O2. The Labute approximate surface area is 91.4 Å². The maximum Gasteiger partial charge on any atom is 0.207 e. The normalized spacial score (nSPS) is 10.4. The summed E-state index contributed by atoms with van der Waals surface area (Å²) >= 11 is 0. The van der Waals surface area contributed by atoms with Gasteiger partial charge in [0, 0.05) is 17.3 Å². The van der Waals surface area contributed by atoms with Gasteiger partial charge in [-0.15, -0.1) is 10.2 Å². The number of nitrogens with two attached hydrogens (primary N) is 1. The minimum absolute atomic E-state index is 0.0207. The molecule has 2 rings (SSSR count). The van der Waals surface area contributed by atoms with E-state index in [2.05, 4.69) is 15.4 Å². The zero-order valence-electron chi connectivity index (χ0n) is 8.88. The Morgan fingerprint density at radius 1 is 1.44 bits per heavy atom. The molecule has 0 unspecified atom stereocenters. The number of hydrogen-bond acceptors (Lipinski definition) is 6. The van der Waals surface area contributed by atoms with Crippen LogP contribution >= 0.6 is 0 Å². The van der Waals surface area contributed by atoms with Crippen molar-refractivity contribution >= 4 is 5.69 Å². The summed E-state index contributed by atoms with van der Waals surface area (Å²) in [4.78, 5) is 1.33. The van der Waals surface area contributed by atoms with Crippen LogP contribution in [-0.2, 0) is 7.05 Å². The van der Waals surface area contributed by atoms with E-state index >= 15 is 0 Å². The van der Waals surface area contributed by atoms with Crippen LogP contribution in [0.2, 0.25) is 0 Å². The summed E-state index contributed by atoms with van der Waals surface area (Å²) in [7, 11) is 3.11. The minimum atomic E-state index is -0.0207. The second-order valence-corrected chi connectivity index (χ2v) is 3.21. The molecule has 0 aliphatic heterocycles. The molecule has 0 saturated heterocycles. The van der Waals surface area contributed by atoms with Crippen LogP contribution in [0, 0.1) is 0 Å². The van der Waals surface area contributed by atoms with E-state index in [4.69, 9.17) is 10.5 Å². The minimum Gasteiger partial charge on any atom is -0.504 e. The first-order chi connectivity index (χ1) is 7.61. The van der Waals surface area contributed by atoms with Gasteiger partial charge in [0.15, 0.2) is 11.5 Å². The average molecular weight is 221 g/mol. The van der Waals surface area contributed by atoms with Gasteiger partial charge in [0.25, 0.3) is 0 Å². The van der Waals surface area contributed by atoms with Crippen LogP contribution in [0.25, 0.3) is 11.4 Å². The number of aryl methyl sites for hydroxylation is 1. The molecule has 0 atom stereocenters. The third kappa shape index (κ3) is 1.62. The number of nitrogen functional groups attached to an aromatic ring is 1. The van der Waals surface area contributed by atoms with Crippen LogP contribution in [0.3, 0.4) is 0 Å². The Hall–Kier alpha value is -2.31. The van der Waals surface area contributed by atoms with E-state index in [1.54, 1.807) is 13.1 Å². The van der Waals surface area contributed by atoms with Gasteiger partial charge in [0.2, 0.25) is 5.82 Å². The summed E-state index contributed by atoms with van der Waals surface area (Å²) in [6, 6.07) is 2.96. The standard InChI is InChI=1S/C9H11N5O2/c1-14-12-9(11-13-14)5-3-8(16-2)7(15)4-6(5)10/h3-4,15H,10H2,1-2H3. The number of phenolic OH excluding ortho intramolecular Hbond substituents is 1. The van der Waals surface area contributed by atoms with Crippen LogP contribution in [-0.4, -0.2) is 32.4 Å². The average Bonchev–Trinajstić information content (AvgIpc) is 2.65. The molecule has 0 radical (unpaired) electrons. The molecular weight excluding hydrogens is 210 g/mol.